The molecule has 0 aliphatic heterocycles. The number of aromatic nitrogens is 3. The molecule has 0 unspecified atom stereocenters. The highest BCUT2D eigenvalue weighted by Crippen LogP contribution is 2.09. The Labute approximate surface area is 93.9 Å². The van der Waals surface area contributed by atoms with Crippen molar-refractivity contribution in [3.05, 3.63) is 47.5 Å². The van der Waals surface area contributed by atoms with E-state index in [9.17, 15) is 4.79 Å². The number of pyridine rings is 1. The first-order chi connectivity index (χ1) is 7.72. The molecule has 2 aromatic heterocycles. The van der Waals surface area contributed by atoms with Gasteiger partial charge in [0.1, 0.15) is 5.69 Å². The molecule has 4 heteroatoms. The van der Waals surface area contributed by atoms with Crippen molar-refractivity contribution >= 4 is 5.78 Å². The summed E-state index contributed by atoms with van der Waals surface area (Å²) in [7, 11) is 0. The Morgan fingerprint density at radius 2 is 2.25 bits per heavy atom. The summed E-state index contributed by atoms with van der Waals surface area (Å²) >= 11 is 0. The predicted octanol–water partition coefficient (Wildman–Crippen LogP) is 1.84. The van der Waals surface area contributed by atoms with Crippen molar-refractivity contribution < 1.29 is 4.79 Å². The Morgan fingerprint density at radius 1 is 1.44 bits per heavy atom. The molecule has 82 valence electrons. The van der Waals surface area contributed by atoms with Crippen LogP contribution >= 0.6 is 0 Å². The van der Waals surface area contributed by atoms with Crippen molar-refractivity contribution in [2.45, 2.75) is 20.4 Å². The predicted molar refractivity (Wildman–Crippen MR) is 60.3 cm³/mol. The highest BCUT2D eigenvalue weighted by Gasteiger charge is 2.13. The van der Waals surface area contributed by atoms with Crippen molar-refractivity contribution in [2.75, 3.05) is 0 Å². The average molecular weight is 215 g/mol. The fraction of sp³-hybridized carbons (Fsp3) is 0.250. The van der Waals surface area contributed by atoms with Crippen LogP contribution in [0.2, 0.25) is 0 Å². The molecule has 0 fully saturated rings. The van der Waals surface area contributed by atoms with Crippen LogP contribution in [0.4, 0.5) is 0 Å². The lowest BCUT2D eigenvalue weighted by molar-refractivity contribution is 0.102. The highest BCUT2D eigenvalue weighted by atomic mass is 16.1. The summed E-state index contributed by atoms with van der Waals surface area (Å²) in [6, 6.07) is 3.57. The molecule has 0 aromatic carbocycles. The third kappa shape index (κ3) is 1.86. The van der Waals surface area contributed by atoms with Crippen LogP contribution in [0.1, 0.15) is 28.5 Å². The van der Waals surface area contributed by atoms with Crippen LogP contribution in [0, 0.1) is 6.92 Å². The van der Waals surface area contributed by atoms with E-state index in [4.69, 9.17) is 0 Å². The van der Waals surface area contributed by atoms with Gasteiger partial charge in [-0.2, -0.15) is 5.10 Å². The molecular formula is C12H13N3O. The van der Waals surface area contributed by atoms with E-state index in [1.165, 1.54) is 0 Å². The number of ketones is 1. The van der Waals surface area contributed by atoms with Gasteiger partial charge in [-0.05, 0) is 31.5 Å². The summed E-state index contributed by atoms with van der Waals surface area (Å²) in [6.07, 6.45) is 4.95. The van der Waals surface area contributed by atoms with Crippen LogP contribution < -0.4 is 0 Å². The van der Waals surface area contributed by atoms with Gasteiger partial charge in [-0.25, -0.2) is 0 Å². The van der Waals surface area contributed by atoms with Gasteiger partial charge in [0.2, 0.25) is 5.78 Å². The number of carbonyl (C=O) groups excluding carboxylic acids is 1. The lowest BCUT2D eigenvalue weighted by Crippen LogP contribution is -2.10. The lowest BCUT2D eigenvalue weighted by Gasteiger charge is -2.03. The minimum Gasteiger partial charge on any atom is -0.287 e. The molecule has 0 N–H and O–H groups in total. The smallest absolute Gasteiger partial charge is 0.212 e. The molecule has 2 aromatic rings. The summed E-state index contributed by atoms with van der Waals surface area (Å²) in [5.74, 6) is -0.0319. The van der Waals surface area contributed by atoms with Gasteiger partial charge in [0.15, 0.2) is 0 Å². The van der Waals surface area contributed by atoms with E-state index in [1.807, 2.05) is 19.9 Å². The fourth-order valence-corrected chi connectivity index (χ4v) is 1.60. The van der Waals surface area contributed by atoms with Crippen LogP contribution in [0.3, 0.4) is 0 Å². The Morgan fingerprint density at radius 3 is 2.94 bits per heavy atom. The minimum atomic E-state index is -0.0319. The molecular weight excluding hydrogens is 202 g/mol. The molecule has 0 bridgehead atoms. The van der Waals surface area contributed by atoms with Gasteiger partial charge in [0.05, 0.1) is 0 Å². The van der Waals surface area contributed by atoms with E-state index in [1.54, 1.807) is 29.3 Å². The molecule has 0 aliphatic carbocycles. The van der Waals surface area contributed by atoms with Crippen molar-refractivity contribution in [1.29, 1.82) is 0 Å². The van der Waals surface area contributed by atoms with Crippen LogP contribution in [0.15, 0.2) is 30.7 Å². The first-order valence-corrected chi connectivity index (χ1v) is 5.20. The standard InChI is InChI=1S/C12H13N3O/c1-3-15-11(4-5-14-15)12(16)10-6-9(2)7-13-8-10/h4-8H,3H2,1-2H3. The van der Waals surface area contributed by atoms with Crippen LogP contribution in [0.25, 0.3) is 0 Å². The third-order valence-electron chi connectivity index (χ3n) is 2.39. The first-order valence-electron chi connectivity index (χ1n) is 5.20. The van der Waals surface area contributed by atoms with Crippen molar-refractivity contribution in [2.24, 2.45) is 0 Å². The summed E-state index contributed by atoms with van der Waals surface area (Å²) in [6.45, 7) is 4.56. The van der Waals surface area contributed by atoms with Crippen LogP contribution in [-0.2, 0) is 6.54 Å². The van der Waals surface area contributed by atoms with E-state index in [0.29, 0.717) is 17.8 Å². The third-order valence-corrected chi connectivity index (χ3v) is 2.39. The highest BCUT2D eigenvalue weighted by molar-refractivity contribution is 6.07. The van der Waals surface area contributed by atoms with Crippen molar-refractivity contribution in [3.8, 4) is 0 Å². The van der Waals surface area contributed by atoms with E-state index in [0.717, 1.165) is 5.56 Å². The Hall–Kier alpha value is -1.97. The van der Waals surface area contributed by atoms with Crippen molar-refractivity contribution in [3.63, 3.8) is 0 Å². The minimum absolute atomic E-state index is 0.0319. The van der Waals surface area contributed by atoms with E-state index >= 15 is 0 Å². The molecule has 0 spiro atoms. The second-order valence-corrected chi connectivity index (χ2v) is 3.61. The Kier molecular flexibility index (Phi) is 2.81. The maximum atomic E-state index is 12.1. The normalized spacial score (nSPS) is 10.4. The molecule has 0 aliphatic rings. The molecule has 0 saturated heterocycles. The lowest BCUT2D eigenvalue weighted by atomic mass is 10.1. The summed E-state index contributed by atoms with van der Waals surface area (Å²) in [4.78, 5) is 16.2. The number of nitrogens with zero attached hydrogens (tertiary/aromatic N) is 3. The van der Waals surface area contributed by atoms with Crippen LogP contribution in [0.5, 0.6) is 0 Å². The second kappa shape index (κ2) is 4.26. The monoisotopic (exact) mass is 215 g/mol. The topological polar surface area (TPSA) is 47.8 Å². The van der Waals surface area contributed by atoms with Gasteiger partial charge >= 0.3 is 0 Å². The zero-order chi connectivity index (χ0) is 11.5. The molecule has 0 atom stereocenters. The molecule has 2 heterocycles. The summed E-state index contributed by atoms with van der Waals surface area (Å²) in [5, 5.41) is 4.08. The zero-order valence-electron chi connectivity index (χ0n) is 9.34. The van der Waals surface area contributed by atoms with Gasteiger partial charge in [-0.15, -0.1) is 0 Å². The SMILES string of the molecule is CCn1nccc1C(=O)c1cncc(C)c1. The fourth-order valence-electron chi connectivity index (χ4n) is 1.60. The van der Waals surface area contributed by atoms with E-state index in [-0.39, 0.29) is 5.78 Å². The molecule has 0 saturated carbocycles. The molecule has 16 heavy (non-hydrogen) atoms. The molecule has 2 rings (SSSR count). The number of hydrogen-bond donors (Lipinski definition) is 0. The van der Waals surface area contributed by atoms with Crippen molar-refractivity contribution in [1.82, 2.24) is 14.8 Å². The number of carbonyl (C=O) groups is 1. The zero-order valence-corrected chi connectivity index (χ0v) is 9.34. The van der Waals surface area contributed by atoms with Crippen LogP contribution in [-0.4, -0.2) is 20.5 Å². The van der Waals surface area contributed by atoms with Gasteiger partial charge in [0, 0.05) is 30.7 Å². The second-order valence-electron chi connectivity index (χ2n) is 3.61. The van der Waals surface area contributed by atoms with Gasteiger partial charge < -0.3 is 0 Å². The Balaban J connectivity index is 2.39. The quantitative estimate of drug-likeness (QED) is 0.734. The Bertz CT molecular complexity index is 516. The maximum absolute atomic E-state index is 12.1. The number of aryl methyl sites for hydroxylation is 2. The van der Waals surface area contributed by atoms with Gasteiger partial charge in [-0.1, -0.05) is 0 Å². The van der Waals surface area contributed by atoms with E-state index in [2.05, 4.69) is 10.1 Å². The average Bonchev–Trinajstić information content (AvgIpc) is 2.76. The van der Waals surface area contributed by atoms with Gasteiger partial charge in [0.25, 0.3) is 0 Å². The van der Waals surface area contributed by atoms with E-state index < -0.39 is 0 Å². The molecule has 0 amide bonds. The summed E-state index contributed by atoms with van der Waals surface area (Å²) in [5.41, 5.74) is 2.19. The summed E-state index contributed by atoms with van der Waals surface area (Å²) < 4.78 is 1.69. The van der Waals surface area contributed by atoms with Gasteiger partial charge in [-0.3, -0.25) is 14.5 Å². The number of hydrogen-bond acceptors (Lipinski definition) is 3. The number of rotatable bonds is 3. The molecule has 4 nitrogen and oxygen atoms in total. The molecule has 0 radical (unpaired) electrons. The first kappa shape index (κ1) is 10.5. The maximum Gasteiger partial charge on any atom is 0.212 e. The largest absolute Gasteiger partial charge is 0.287 e.